The molecule has 5 aromatic heterocycles. The molecule has 0 saturated heterocycles. The molecule has 5 aromatic carbocycles. The molecule has 272 valence electrons. The molecule has 2 N–H and O–H groups in total. The first-order valence-corrected chi connectivity index (χ1v) is 21.7. The summed E-state index contributed by atoms with van der Waals surface area (Å²) in [4.78, 5) is 24.3. The number of fused-ring (bicyclic) bond motifs is 5. The zero-order valence-electron chi connectivity index (χ0n) is 28.8. The first-order valence-electron chi connectivity index (χ1n) is 16.5. The Labute approximate surface area is 345 Å². The number of aliphatic hydroxyl groups is 1. The van der Waals surface area contributed by atoms with E-state index in [1.54, 1.807) is 68.8 Å². The summed E-state index contributed by atoms with van der Waals surface area (Å²) in [5, 5.41) is 33.6. The van der Waals surface area contributed by atoms with Crippen LogP contribution in [0.3, 0.4) is 0 Å². The van der Waals surface area contributed by atoms with Gasteiger partial charge in [0.1, 0.15) is 6.29 Å². The Morgan fingerprint density at radius 3 is 1.56 bits per heavy atom. The van der Waals surface area contributed by atoms with E-state index in [-0.39, 0.29) is 6.61 Å². The second-order valence-corrected chi connectivity index (χ2v) is 17.3. The van der Waals surface area contributed by atoms with Crippen molar-refractivity contribution in [2.45, 2.75) is 6.61 Å². The Morgan fingerprint density at radius 1 is 0.582 bits per heavy atom. The number of nitrogens with zero attached hydrogens (tertiary/aromatic N) is 1. The van der Waals surface area contributed by atoms with Gasteiger partial charge in [0.05, 0.1) is 18.7 Å². The lowest BCUT2D eigenvalue weighted by Gasteiger charge is -1.94. The fourth-order valence-electron chi connectivity index (χ4n) is 5.23. The van der Waals surface area contributed by atoms with Crippen LogP contribution in [-0.4, -0.2) is 22.5 Å². The van der Waals surface area contributed by atoms with Gasteiger partial charge in [0.25, 0.3) is 0 Å². The Bertz CT molecular complexity index is 2870. The maximum absolute atomic E-state index is 10.6. The number of aromatic carboxylic acids is 1. The molecule has 0 aliphatic carbocycles. The van der Waals surface area contributed by atoms with Gasteiger partial charge >= 0.3 is 5.97 Å². The molecular weight excluding hydrogens is 847 g/mol. The van der Waals surface area contributed by atoms with E-state index in [9.17, 15) is 9.59 Å². The van der Waals surface area contributed by atoms with E-state index >= 15 is 0 Å². The lowest BCUT2D eigenvalue weighted by Crippen LogP contribution is -1.94. The third-order valence-corrected chi connectivity index (χ3v) is 13.0. The van der Waals surface area contributed by atoms with Gasteiger partial charge in [-0.15, -0.1) is 56.7 Å². The number of carbonyl (C=O) groups excluding carboxylic acids is 1. The third kappa shape index (κ3) is 10.8. The Hall–Kier alpha value is -5.03. The van der Waals surface area contributed by atoms with Crippen molar-refractivity contribution in [1.29, 1.82) is 0 Å². The van der Waals surface area contributed by atoms with Gasteiger partial charge in [0.2, 0.25) is 0 Å². The van der Waals surface area contributed by atoms with Crippen LogP contribution in [0.5, 0.6) is 0 Å². The van der Waals surface area contributed by atoms with Crippen LogP contribution in [-0.2, 0) is 6.61 Å². The van der Waals surface area contributed by atoms with Crippen molar-refractivity contribution >= 4 is 141 Å². The van der Waals surface area contributed by atoms with Crippen LogP contribution in [0.25, 0.3) is 55.3 Å². The number of thiophene rings is 5. The molecule has 0 radical (unpaired) electrons. The number of carboxylic acid groups (broad SMARTS) is 1. The van der Waals surface area contributed by atoms with Crippen molar-refractivity contribution < 1.29 is 19.8 Å². The van der Waals surface area contributed by atoms with Gasteiger partial charge in [-0.05, 0) is 156 Å². The van der Waals surface area contributed by atoms with Crippen molar-refractivity contribution in [2.24, 2.45) is 0 Å². The molecule has 0 aliphatic heterocycles. The van der Waals surface area contributed by atoms with Gasteiger partial charge in [0, 0.05) is 33.5 Å². The van der Waals surface area contributed by atoms with E-state index in [1.165, 1.54) is 35.0 Å². The number of rotatable bonds is 3. The summed E-state index contributed by atoms with van der Waals surface area (Å²) in [5.74, 6) is -0.872. The summed E-state index contributed by atoms with van der Waals surface area (Å²) in [5.41, 5.74) is 2.80. The SMILES string of the molecule is Brc1ccc2sccc2c1.O=C(O)c1ccc2sccc2c1.O=Cc1ccc2sccc2c1.OCc1ccc2sccc2c1.[C-]#[N+]c1ccc2sccc2c1. The van der Waals surface area contributed by atoms with E-state index in [0.29, 0.717) is 5.56 Å². The minimum atomic E-state index is -0.872. The van der Waals surface area contributed by atoms with Crippen LogP contribution in [0.15, 0.2) is 153 Å². The zero-order valence-corrected chi connectivity index (χ0v) is 34.5. The lowest BCUT2D eigenvalue weighted by atomic mass is 10.2. The fourth-order valence-corrected chi connectivity index (χ4v) is 9.47. The van der Waals surface area contributed by atoms with Crippen LogP contribution >= 0.6 is 72.6 Å². The molecule has 0 aliphatic rings. The Balaban J connectivity index is 0.000000117. The molecule has 0 spiro atoms. The maximum atomic E-state index is 10.6. The monoisotopic (exact) mass is 875 g/mol. The molecule has 0 fully saturated rings. The molecular formula is C44H30BrNO4S5. The number of aliphatic hydroxyl groups excluding tert-OH is 1. The van der Waals surface area contributed by atoms with Gasteiger partial charge in [-0.3, -0.25) is 4.79 Å². The van der Waals surface area contributed by atoms with Gasteiger partial charge in [0.15, 0.2) is 5.69 Å². The summed E-state index contributed by atoms with van der Waals surface area (Å²) < 4.78 is 7.39. The molecule has 5 nitrogen and oxygen atoms in total. The number of hydrogen-bond acceptors (Lipinski definition) is 8. The Kier molecular flexibility index (Phi) is 14.1. The summed E-state index contributed by atoms with van der Waals surface area (Å²) in [7, 11) is 0. The van der Waals surface area contributed by atoms with Crippen molar-refractivity contribution in [3.05, 3.63) is 181 Å². The summed E-state index contributed by atoms with van der Waals surface area (Å²) in [6.45, 7) is 6.93. The summed E-state index contributed by atoms with van der Waals surface area (Å²) in [6.07, 6.45) is 0.872. The van der Waals surface area contributed by atoms with Crippen molar-refractivity contribution in [3.8, 4) is 0 Å². The maximum Gasteiger partial charge on any atom is 0.335 e. The highest BCUT2D eigenvalue weighted by Gasteiger charge is 2.03. The third-order valence-electron chi connectivity index (χ3n) is 7.99. The second-order valence-electron chi connectivity index (χ2n) is 11.6. The molecule has 0 amide bonds. The first kappa shape index (κ1) is 39.7. The van der Waals surface area contributed by atoms with Gasteiger partial charge < -0.3 is 10.2 Å². The first-order chi connectivity index (χ1) is 26.8. The highest BCUT2D eigenvalue weighted by molar-refractivity contribution is 9.10. The molecule has 5 heterocycles. The molecule has 11 heteroatoms. The average molecular weight is 877 g/mol. The normalized spacial score (nSPS) is 10.3. The molecule has 10 aromatic rings. The van der Waals surface area contributed by atoms with Crippen LogP contribution in [0.4, 0.5) is 5.69 Å². The Morgan fingerprint density at radius 2 is 1.04 bits per heavy atom. The molecule has 0 bridgehead atoms. The number of aldehydes is 1. The van der Waals surface area contributed by atoms with E-state index in [0.717, 1.165) is 43.0 Å². The number of carboxylic acids is 1. The summed E-state index contributed by atoms with van der Waals surface area (Å²) >= 11 is 11.9. The molecule has 0 saturated carbocycles. The zero-order chi connectivity index (χ0) is 38.6. The van der Waals surface area contributed by atoms with Crippen molar-refractivity contribution in [1.82, 2.24) is 0 Å². The highest BCUT2D eigenvalue weighted by atomic mass is 79.9. The van der Waals surface area contributed by atoms with Crippen LogP contribution in [0, 0.1) is 6.57 Å². The van der Waals surface area contributed by atoms with Crippen LogP contribution in [0.2, 0.25) is 0 Å². The molecule has 10 rings (SSSR count). The number of carbonyl (C=O) groups is 2. The predicted molar refractivity (Wildman–Crippen MR) is 241 cm³/mol. The van der Waals surface area contributed by atoms with Crippen molar-refractivity contribution in [2.75, 3.05) is 0 Å². The van der Waals surface area contributed by atoms with Gasteiger partial charge in [-0.25, -0.2) is 9.64 Å². The average Bonchev–Trinajstić information content (AvgIpc) is 4.08. The van der Waals surface area contributed by atoms with E-state index in [4.69, 9.17) is 16.8 Å². The number of hydrogen-bond donors (Lipinski definition) is 2. The molecule has 0 atom stereocenters. The number of halogens is 1. The van der Waals surface area contributed by atoms with Gasteiger partial charge in [-0.1, -0.05) is 40.2 Å². The minimum Gasteiger partial charge on any atom is -0.478 e. The minimum absolute atomic E-state index is 0.131. The molecule has 0 unspecified atom stereocenters. The highest BCUT2D eigenvalue weighted by Crippen LogP contribution is 2.26. The lowest BCUT2D eigenvalue weighted by molar-refractivity contribution is 0.0697. The van der Waals surface area contributed by atoms with Crippen LogP contribution < -0.4 is 0 Å². The molecule has 55 heavy (non-hydrogen) atoms. The standard InChI is InChI=1S/C9H5NS.C9H6O2S.C9H8OS.C9H6OS.C8H5BrS/c1-10-8-2-3-9-7(6-8)4-5-11-9;10-9(11)7-1-2-8-6(5-7)3-4-12-8;2*10-6-7-1-2-9-8(5-7)3-4-11-9;9-7-1-2-8-6(5-7)3-4-10-8/h2-6H;1-5H,(H,10,11);1-5,10H,6H2;1-6H;1-5H. The quantitative estimate of drug-likeness (QED) is 0.137. The topological polar surface area (TPSA) is 79.0 Å². The smallest absolute Gasteiger partial charge is 0.335 e. The predicted octanol–water partition coefficient (Wildman–Crippen LogP) is 14.8. The fraction of sp³-hybridized carbons (Fsp3) is 0.0227. The van der Waals surface area contributed by atoms with Crippen LogP contribution in [0.1, 0.15) is 26.3 Å². The largest absolute Gasteiger partial charge is 0.478 e. The van der Waals surface area contributed by atoms with E-state index in [1.807, 2.05) is 95.0 Å². The summed E-state index contributed by atoms with van der Waals surface area (Å²) in [6, 6.07) is 39.2. The van der Waals surface area contributed by atoms with E-state index in [2.05, 4.69) is 61.9 Å². The van der Waals surface area contributed by atoms with E-state index < -0.39 is 5.97 Å². The van der Waals surface area contributed by atoms with Crippen molar-refractivity contribution in [3.63, 3.8) is 0 Å². The second kappa shape index (κ2) is 19.5. The van der Waals surface area contributed by atoms with Gasteiger partial charge in [-0.2, -0.15) is 0 Å². The number of benzene rings is 5.